The summed E-state index contributed by atoms with van der Waals surface area (Å²) in [4.78, 5) is 9.04. The molecule has 0 amide bonds. The molecule has 3 N–H and O–H groups in total. The fourth-order valence-corrected chi connectivity index (χ4v) is 3.61. The van der Waals surface area contributed by atoms with Gasteiger partial charge in [-0.15, -0.1) is 0 Å². The van der Waals surface area contributed by atoms with Crippen molar-refractivity contribution in [1.29, 1.82) is 0 Å². The first-order valence-corrected chi connectivity index (χ1v) is 8.95. The summed E-state index contributed by atoms with van der Waals surface area (Å²) in [5.41, 5.74) is 3.76. The highest BCUT2D eigenvalue weighted by Gasteiger charge is 2.32. The SMILES string of the molecule is Cc1cnc(Nc2ccc3c(c2)C(C)OB3O)nc1NC1CCCC1. The van der Waals surface area contributed by atoms with Gasteiger partial charge in [-0.2, -0.15) is 4.98 Å². The predicted molar refractivity (Wildman–Crippen MR) is 99.5 cm³/mol. The number of anilines is 3. The standard InChI is InChI=1S/C18H23BN4O2/c1-11-10-20-18(23-17(11)21-13-5-3-4-6-13)22-14-7-8-16-15(9-14)12(2)25-19(16)24/h7-10,12-13,24H,3-6H2,1-2H3,(H2,20,21,22,23). The van der Waals surface area contributed by atoms with Crippen LogP contribution < -0.4 is 16.1 Å². The minimum atomic E-state index is -0.836. The Morgan fingerprint density at radius 2 is 2.08 bits per heavy atom. The number of rotatable bonds is 4. The van der Waals surface area contributed by atoms with E-state index in [4.69, 9.17) is 4.65 Å². The van der Waals surface area contributed by atoms with Crippen molar-refractivity contribution < 1.29 is 9.68 Å². The van der Waals surface area contributed by atoms with Crippen molar-refractivity contribution >= 4 is 30.0 Å². The van der Waals surface area contributed by atoms with Gasteiger partial charge in [0.25, 0.3) is 0 Å². The van der Waals surface area contributed by atoms with Crippen molar-refractivity contribution in [2.75, 3.05) is 10.6 Å². The summed E-state index contributed by atoms with van der Waals surface area (Å²) < 4.78 is 5.43. The summed E-state index contributed by atoms with van der Waals surface area (Å²) in [5.74, 6) is 1.47. The minimum Gasteiger partial charge on any atom is -0.423 e. The van der Waals surface area contributed by atoms with Gasteiger partial charge in [0, 0.05) is 23.5 Å². The number of aromatic nitrogens is 2. The minimum absolute atomic E-state index is 0.120. The van der Waals surface area contributed by atoms with E-state index in [1.807, 2.05) is 38.2 Å². The molecule has 1 saturated carbocycles. The van der Waals surface area contributed by atoms with E-state index >= 15 is 0 Å². The molecule has 0 radical (unpaired) electrons. The number of nitrogens with zero attached hydrogens (tertiary/aromatic N) is 2. The third-order valence-electron chi connectivity index (χ3n) is 5.05. The van der Waals surface area contributed by atoms with Gasteiger partial charge in [0.2, 0.25) is 5.95 Å². The van der Waals surface area contributed by atoms with Crippen LogP contribution >= 0.6 is 0 Å². The Morgan fingerprint density at radius 3 is 2.88 bits per heavy atom. The van der Waals surface area contributed by atoms with E-state index in [1.165, 1.54) is 25.7 Å². The Morgan fingerprint density at radius 1 is 1.28 bits per heavy atom. The quantitative estimate of drug-likeness (QED) is 0.744. The van der Waals surface area contributed by atoms with Crippen molar-refractivity contribution in [1.82, 2.24) is 9.97 Å². The number of aryl methyl sites for hydroxylation is 1. The third kappa shape index (κ3) is 3.34. The van der Waals surface area contributed by atoms with Crippen molar-refractivity contribution in [3.8, 4) is 0 Å². The lowest BCUT2D eigenvalue weighted by molar-refractivity contribution is 0.209. The van der Waals surface area contributed by atoms with Crippen LogP contribution in [0.15, 0.2) is 24.4 Å². The van der Waals surface area contributed by atoms with Gasteiger partial charge in [0.1, 0.15) is 5.82 Å². The van der Waals surface area contributed by atoms with Gasteiger partial charge in [-0.25, -0.2) is 4.98 Å². The molecule has 1 unspecified atom stereocenters. The van der Waals surface area contributed by atoms with Crippen molar-refractivity contribution in [3.05, 3.63) is 35.5 Å². The lowest BCUT2D eigenvalue weighted by Gasteiger charge is -2.16. The number of hydrogen-bond acceptors (Lipinski definition) is 6. The third-order valence-corrected chi connectivity index (χ3v) is 5.05. The van der Waals surface area contributed by atoms with Gasteiger partial charge >= 0.3 is 7.12 Å². The Hall–Kier alpha value is -2.12. The summed E-state index contributed by atoms with van der Waals surface area (Å²) in [6.07, 6.45) is 6.71. The molecule has 1 aliphatic heterocycles. The maximum atomic E-state index is 9.86. The highest BCUT2D eigenvalue weighted by atomic mass is 16.5. The first kappa shape index (κ1) is 16.4. The molecule has 0 spiro atoms. The summed E-state index contributed by atoms with van der Waals surface area (Å²) >= 11 is 0. The smallest absolute Gasteiger partial charge is 0.423 e. The largest absolute Gasteiger partial charge is 0.491 e. The van der Waals surface area contributed by atoms with E-state index in [0.717, 1.165) is 28.1 Å². The Balaban J connectivity index is 1.54. The van der Waals surface area contributed by atoms with Crippen LogP contribution in [0.5, 0.6) is 0 Å². The van der Waals surface area contributed by atoms with Crippen LogP contribution in [-0.4, -0.2) is 28.2 Å². The van der Waals surface area contributed by atoms with Gasteiger partial charge in [-0.05, 0) is 49.8 Å². The van der Waals surface area contributed by atoms with Crippen LogP contribution in [0.2, 0.25) is 0 Å². The molecule has 2 aromatic rings. The number of nitrogens with one attached hydrogen (secondary N) is 2. The maximum absolute atomic E-state index is 9.86. The van der Waals surface area contributed by atoms with Crippen molar-refractivity contribution in [3.63, 3.8) is 0 Å². The number of fused-ring (bicyclic) bond motifs is 1. The molecule has 6 nitrogen and oxygen atoms in total. The summed E-state index contributed by atoms with van der Waals surface area (Å²) in [6, 6.07) is 6.30. The second-order valence-electron chi connectivity index (χ2n) is 6.95. The fraction of sp³-hybridized carbons (Fsp3) is 0.444. The van der Waals surface area contributed by atoms with Crippen LogP contribution in [0.4, 0.5) is 17.5 Å². The molecule has 1 aromatic heterocycles. The van der Waals surface area contributed by atoms with Crippen molar-refractivity contribution in [2.24, 2.45) is 0 Å². The summed E-state index contributed by atoms with van der Waals surface area (Å²) in [6.45, 7) is 3.96. The van der Waals surface area contributed by atoms with Crippen LogP contribution in [-0.2, 0) is 4.65 Å². The molecule has 1 fully saturated rings. The molecule has 1 aromatic carbocycles. The first-order valence-electron chi connectivity index (χ1n) is 8.95. The Kier molecular flexibility index (Phi) is 4.35. The average molecular weight is 338 g/mol. The van der Waals surface area contributed by atoms with Crippen molar-refractivity contribution in [2.45, 2.75) is 51.7 Å². The molecule has 7 heteroatoms. The molecule has 2 aliphatic rings. The summed E-state index contributed by atoms with van der Waals surface area (Å²) in [5, 5.41) is 16.7. The first-order chi connectivity index (χ1) is 12.1. The topological polar surface area (TPSA) is 79.3 Å². The molecule has 0 bridgehead atoms. The molecule has 4 rings (SSSR count). The zero-order valence-electron chi connectivity index (χ0n) is 14.6. The normalized spacial score (nSPS) is 20.0. The van der Waals surface area contributed by atoms with Gasteiger partial charge in [0.05, 0.1) is 6.10 Å². The van der Waals surface area contributed by atoms with Gasteiger partial charge < -0.3 is 20.3 Å². The van der Waals surface area contributed by atoms with Gasteiger partial charge in [-0.3, -0.25) is 0 Å². The fourth-order valence-electron chi connectivity index (χ4n) is 3.61. The van der Waals surface area contributed by atoms with Crippen LogP contribution in [0.3, 0.4) is 0 Å². The lowest BCUT2D eigenvalue weighted by atomic mass is 9.79. The second-order valence-corrected chi connectivity index (χ2v) is 6.95. The number of hydrogen-bond donors (Lipinski definition) is 3. The molecule has 2 heterocycles. The van der Waals surface area contributed by atoms with Gasteiger partial charge in [0.15, 0.2) is 0 Å². The van der Waals surface area contributed by atoms with E-state index in [-0.39, 0.29) is 6.10 Å². The van der Waals surface area contributed by atoms with Crippen LogP contribution in [0.25, 0.3) is 0 Å². The maximum Gasteiger partial charge on any atom is 0.491 e. The predicted octanol–water partition coefficient (Wildman–Crippen LogP) is 2.66. The molecule has 1 atom stereocenters. The highest BCUT2D eigenvalue weighted by molar-refractivity contribution is 6.61. The lowest BCUT2D eigenvalue weighted by Crippen LogP contribution is -2.27. The monoisotopic (exact) mass is 338 g/mol. The molecular weight excluding hydrogens is 315 g/mol. The Bertz CT molecular complexity index is 780. The van der Waals surface area contributed by atoms with E-state index in [0.29, 0.717) is 12.0 Å². The van der Waals surface area contributed by atoms with Crippen LogP contribution in [0, 0.1) is 6.92 Å². The molecule has 0 saturated heterocycles. The van der Waals surface area contributed by atoms with E-state index in [2.05, 4.69) is 20.6 Å². The second kappa shape index (κ2) is 6.65. The van der Waals surface area contributed by atoms with Crippen LogP contribution in [0.1, 0.15) is 49.8 Å². The molecule has 25 heavy (non-hydrogen) atoms. The zero-order valence-corrected chi connectivity index (χ0v) is 14.6. The zero-order chi connectivity index (χ0) is 17.4. The number of benzene rings is 1. The Labute approximate surface area is 148 Å². The highest BCUT2D eigenvalue weighted by Crippen LogP contribution is 2.27. The molecular formula is C18H23BN4O2. The summed E-state index contributed by atoms with van der Waals surface area (Å²) in [7, 11) is -0.836. The van der Waals surface area contributed by atoms with E-state index < -0.39 is 7.12 Å². The van der Waals surface area contributed by atoms with E-state index in [9.17, 15) is 5.02 Å². The van der Waals surface area contributed by atoms with E-state index in [1.54, 1.807) is 0 Å². The molecule has 1 aliphatic carbocycles. The molecule has 130 valence electrons. The average Bonchev–Trinajstić information content (AvgIpc) is 3.19. The van der Waals surface area contributed by atoms with Gasteiger partial charge in [-0.1, -0.05) is 18.9 Å².